The van der Waals surface area contributed by atoms with E-state index in [0.717, 1.165) is 5.92 Å². The molecule has 1 aliphatic rings. The zero-order valence-electron chi connectivity index (χ0n) is 9.08. The molecule has 0 spiro atoms. The Morgan fingerprint density at radius 1 is 1.29 bits per heavy atom. The Balaban J connectivity index is 2.16. The van der Waals surface area contributed by atoms with E-state index in [1.165, 1.54) is 32.1 Å². The van der Waals surface area contributed by atoms with Crippen LogP contribution in [-0.4, -0.2) is 35.5 Å². The fourth-order valence-electron chi connectivity index (χ4n) is 2.19. The van der Waals surface area contributed by atoms with Crippen molar-refractivity contribution >= 4 is 0 Å². The highest BCUT2D eigenvalue weighted by Gasteiger charge is 2.19. The maximum atomic E-state index is 9.19. The molecule has 0 radical (unpaired) electrons. The summed E-state index contributed by atoms with van der Waals surface area (Å²) >= 11 is 0. The number of aliphatic hydroxyl groups is 2. The molecule has 1 rings (SSSR count). The van der Waals surface area contributed by atoms with Crippen LogP contribution in [-0.2, 0) is 0 Å². The Morgan fingerprint density at radius 3 is 2.50 bits per heavy atom. The van der Waals surface area contributed by atoms with Crippen molar-refractivity contribution in [2.75, 3.05) is 13.2 Å². The number of hydrogen-bond donors (Lipinski definition) is 3. The number of nitrogens with one attached hydrogen (secondary N) is 1. The molecular weight excluding hydrogens is 178 g/mol. The van der Waals surface area contributed by atoms with Crippen LogP contribution in [0.3, 0.4) is 0 Å². The SMILES string of the molecule is C[C@H](NCC(O)CO)C1CCCCC1. The summed E-state index contributed by atoms with van der Waals surface area (Å²) in [4.78, 5) is 0. The molecule has 3 nitrogen and oxygen atoms in total. The molecule has 14 heavy (non-hydrogen) atoms. The van der Waals surface area contributed by atoms with Crippen molar-refractivity contribution in [3.8, 4) is 0 Å². The first kappa shape index (κ1) is 12.0. The highest BCUT2D eigenvalue weighted by molar-refractivity contribution is 4.76. The van der Waals surface area contributed by atoms with Gasteiger partial charge in [-0.15, -0.1) is 0 Å². The predicted molar refractivity (Wildman–Crippen MR) is 57.1 cm³/mol. The standard InChI is InChI=1S/C11H23NO2/c1-9(12-7-11(14)8-13)10-5-3-2-4-6-10/h9-14H,2-8H2,1H3/t9-,11?/m0/s1. The van der Waals surface area contributed by atoms with Crippen LogP contribution >= 0.6 is 0 Å². The topological polar surface area (TPSA) is 52.5 Å². The minimum Gasteiger partial charge on any atom is -0.394 e. The number of aliphatic hydroxyl groups excluding tert-OH is 2. The van der Waals surface area contributed by atoms with Crippen molar-refractivity contribution in [1.29, 1.82) is 0 Å². The van der Waals surface area contributed by atoms with Gasteiger partial charge in [0.25, 0.3) is 0 Å². The van der Waals surface area contributed by atoms with E-state index >= 15 is 0 Å². The fraction of sp³-hybridized carbons (Fsp3) is 1.00. The molecule has 0 aromatic heterocycles. The van der Waals surface area contributed by atoms with Gasteiger partial charge in [-0.3, -0.25) is 0 Å². The zero-order valence-corrected chi connectivity index (χ0v) is 9.08. The quantitative estimate of drug-likeness (QED) is 0.619. The van der Waals surface area contributed by atoms with E-state index in [2.05, 4.69) is 12.2 Å². The molecule has 0 amide bonds. The molecule has 84 valence electrons. The van der Waals surface area contributed by atoms with Crippen molar-refractivity contribution in [3.05, 3.63) is 0 Å². The van der Waals surface area contributed by atoms with Crippen molar-refractivity contribution in [2.24, 2.45) is 5.92 Å². The highest BCUT2D eigenvalue weighted by Crippen LogP contribution is 2.26. The maximum absolute atomic E-state index is 9.19. The van der Waals surface area contributed by atoms with Crippen LogP contribution in [0.5, 0.6) is 0 Å². The van der Waals surface area contributed by atoms with Crippen LogP contribution in [0, 0.1) is 5.92 Å². The van der Waals surface area contributed by atoms with E-state index < -0.39 is 6.10 Å². The van der Waals surface area contributed by atoms with Crippen molar-refractivity contribution in [3.63, 3.8) is 0 Å². The Hall–Kier alpha value is -0.120. The summed E-state index contributed by atoms with van der Waals surface area (Å²) in [6.07, 6.45) is 6.08. The van der Waals surface area contributed by atoms with Gasteiger partial charge in [0.15, 0.2) is 0 Å². The fourth-order valence-corrected chi connectivity index (χ4v) is 2.19. The number of hydrogen-bond acceptors (Lipinski definition) is 3. The van der Waals surface area contributed by atoms with Gasteiger partial charge >= 0.3 is 0 Å². The number of rotatable bonds is 5. The van der Waals surface area contributed by atoms with Crippen LogP contribution in [0.2, 0.25) is 0 Å². The molecule has 2 atom stereocenters. The maximum Gasteiger partial charge on any atom is 0.0895 e. The molecule has 0 saturated heterocycles. The first-order valence-electron chi connectivity index (χ1n) is 5.76. The van der Waals surface area contributed by atoms with Crippen molar-refractivity contribution in [1.82, 2.24) is 5.32 Å². The van der Waals surface area contributed by atoms with E-state index in [1.807, 2.05) is 0 Å². The second-order valence-corrected chi connectivity index (χ2v) is 4.43. The van der Waals surface area contributed by atoms with E-state index in [-0.39, 0.29) is 6.61 Å². The largest absolute Gasteiger partial charge is 0.394 e. The lowest BCUT2D eigenvalue weighted by molar-refractivity contribution is 0.0890. The van der Waals surface area contributed by atoms with Gasteiger partial charge in [0, 0.05) is 12.6 Å². The zero-order chi connectivity index (χ0) is 10.4. The Labute approximate surface area is 86.5 Å². The summed E-state index contributed by atoms with van der Waals surface area (Å²) in [5.41, 5.74) is 0. The van der Waals surface area contributed by atoms with Crippen LogP contribution in [0.15, 0.2) is 0 Å². The van der Waals surface area contributed by atoms with Crippen LogP contribution in [0.1, 0.15) is 39.0 Å². The first-order valence-corrected chi connectivity index (χ1v) is 5.76. The second kappa shape index (κ2) is 6.38. The summed E-state index contributed by atoms with van der Waals surface area (Å²) in [6, 6.07) is 0.469. The highest BCUT2D eigenvalue weighted by atomic mass is 16.3. The second-order valence-electron chi connectivity index (χ2n) is 4.43. The van der Waals surface area contributed by atoms with Crippen LogP contribution in [0.4, 0.5) is 0 Å². The monoisotopic (exact) mass is 201 g/mol. The molecule has 0 heterocycles. The van der Waals surface area contributed by atoms with Gasteiger partial charge in [-0.25, -0.2) is 0 Å². The molecule has 1 fully saturated rings. The third kappa shape index (κ3) is 3.95. The lowest BCUT2D eigenvalue weighted by Gasteiger charge is -2.28. The van der Waals surface area contributed by atoms with E-state index in [4.69, 9.17) is 5.11 Å². The average molecular weight is 201 g/mol. The van der Waals surface area contributed by atoms with Gasteiger partial charge in [0.2, 0.25) is 0 Å². The third-order valence-corrected chi connectivity index (χ3v) is 3.24. The average Bonchev–Trinajstić information content (AvgIpc) is 2.26. The Morgan fingerprint density at radius 2 is 1.93 bits per heavy atom. The summed E-state index contributed by atoms with van der Waals surface area (Å²) in [5.74, 6) is 0.759. The van der Waals surface area contributed by atoms with Gasteiger partial charge in [0.1, 0.15) is 0 Å². The molecule has 1 unspecified atom stereocenters. The Kier molecular flexibility index (Phi) is 5.45. The molecule has 0 aromatic carbocycles. The molecule has 3 N–H and O–H groups in total. The lowest BCUT2D eigenvalue weighted by Crippen LogP contribution is -2.40. The summed E-state index contributed by atoms with van der Waals surface area (Å²) in [5, 5.41) is 21.2. The summed E-state index contributed by atoms with van der Waals surface area (Å²) < 4.78 is 0. The third-order valence-electron chi connectivity index (χ3n) is 3.24. The summed E-state index contributed by atoms with van der Waals surface area (Å²) in [7, 11) is 0. The Bertz CT molecular complexity index is 146. The molecular formula is C11H23NO2. The van der Waals surface area contributed by atoms with Crippen LogP contribution in [0.25, 0.3) is 0 Å². The smallest absolute Gasteiger partial charge is 0.0895 e. The van der Waals surface area contributed by atoms with Crippen molar-refractivity contribution in [2.45, 2.75) is 51.2 Å². The molecule has 0 bridgehead atoms. The molecule has 0 aromatic rings. The molecule has 0 aliphatic heterocycles. The van der Waals surface area contributed by atoms with Gasteiger partial charge in [-0.05, 0) is 25.7 Å². The van der Waals surface area contributed by atoms with Gasteiger partial charge in [-0.2, -0.15) is 0 Å². The van der Waals surface area contributed by atoms with E-state index in [1.54, 1.807) is 0 Å². The normalized spacial score (nSPS) is 23.4. The molecule has 1 aliphatic carbocycles. The molecule has 3 heteroatoms. The van der Waals surface area contributed by atoms with Gasteiger partial charge < -0.3 is 15.5 Å². The van der Waals surface area contributed by atoms with Gasteiger partial charge in [-0.1, -0.05) is 19.3 Å². The lowest BCUT2D eigenvalue weighted by atomic mass is 9.84. The minimum atomic E-state index is -0.610. The first-order chi connectivity index (χ1) is 6.74. The summed E-state index contributed by atoms with van der Waals surface area (Å²) in [6.45, 7) is 2.54. The van der Waals surface area contributed by atoms with Gasteiger partial charge in [0.05, 0.1) is 12.7 Å². The van der Waals surface area contributed by atoms with E-state index in [9.17, 15) is 5.11 Å². The van der Waals surface area contributed by atoms with Crippen LogP contribution < -0.4 is 5.32 Å². The predicted octanol–water partition coefficient (Wildman–Crippen LogP) is 0.898. The minimum absolute atomic E-state index is 0.148. The van der Waals surface area contributed by atoms with E-state index in [0.29, 0.717) is 12.6 Å². The van der Waals surface area contributed by atoms with Crippen molar-refractivity contribution < 1.29 is 10.2 Å². The molecule has 1 saturated carbocycles.